The molecule has 1 aliphatic rings. The standard InChI is InChI=1S/C12H19N7O4/c1-11(2,3)23-10(21)15-12(9(20)22-4)5-7(16-18-13)8(6-12)17-19-14/h7-8H,5-6H2,1-4H3,(H,15,21). The summed E-state index contributed by atoms with van der Waals surface area (Å²) in [5.74, 6) is -0.725. The van der Waals surface area contributed by atoms with Gasteiger partial charge in [-0.05, 0) is 44.7 Å². The smallest absolute Gasteiger partial charge is 0.408 e. The molecule has 1 amide bonds. The molecule has 0 spiro atoms. The molecule has 1 fully saturated rings. The minimum Gasteiger partial charge on any atom is -0.467 e. The molecule has 11 nitrogen and oxygen atoms in total. The van der Waals surface area contributed by atoms with E-state index in [1.165, 1.54) is 7.11 Å². The molecule has 0 aromatic carbocycles. The van der Waals surface area contributed by atoms with Crippen LogP contribution in [0.5, 0.6) is 0 Å². The number of azide groups is 2. The van der Waals surface area contributed by atoms with Crippen molar-refractivity contribution in [3.05, 3.63) is 20.9 Å². The minimum absolute atomic E-state index is 0.0489. The zero-order valence-electron chi connectivity index (χ0n) is 13.4. The maximum Gasteiger partial charge on any atom is 0.408 e. The van der Waals surface area contributed by atoms with E-state index < -0.39 is 35.3 Å². The maximum absolute atomic E-state index is 12.2. The van der Waals surface area contributed by atoms with Gasteiger partial charge in [0.05, 0.1) is 7.11 Å². The van der Waals surface area contributed by atoms with Gasteiger partial charge in [-0.2, -0.15) is 0 Å². The maximum atomic E-state index is 12.2. The van der Waals surface area contributed by atoms with Crippen LogP contribution in [0.1, 0.15) is 33.6 Å². The second-order valence-electron chi connectivity index (χ2n) is 6.15. The summed E-state index contributed by atoms with van der Waals surface area (Å²) in [5.41, 5.74) is 15.0. The fourth-order valence-electron chi connectivity index (χ4n) is 2.45. The predicted octanol–water partition coefficient (Wildman–Crippen LogP) is 2.57. The summed E-state index contributed by atoms with van der Waals surface area (Å²) >= 11 is 0. The zero-order valence-corrected chi connectivity index (χ0v) is 13.4. The lowest BCUT2D eigenvalue weighted by Gasteiger charge is -2.29. The number of ether oxygens (including phenoxy) is 2. The van der Waals surface area contributed by atoms with Crippen molar-refractivity contribution >= 4 is 12.1 Å². The van der Waals surface area contributed by atoms with Gasteiger partial charge in [-0.1, -0.05) is 10.2 Å². The van der Waals surface area contributed by atoms with Gasteiger partial charge < -0.3 is 14.8 Å². The molecule has 126 valence electrons. The van der Waals surface area contributed by atoms with E-state index in [9.17, 15) is 9.59 Å². The van der Waals surface area contributed by atoms with E-state index in [0.29, 0.717) is 0 Å². The van der Waals surface area contributed by atoms with E-state index in [2.05, 4.69) is 25.4 Å². The Morgan fingerprint density at radius 3 is 2.00 bits per heavy atom. The van der Waals surface area contributed by atoms with E-state index in [-0.39, 0.29) is 12.8 Å². The van der Waals surface area contributed by atoms with Crippen LogP contribution in [-0.4, -0.2) is 42.4 Å². The molecule has 1 saturated carbocycles. The first-order valence-electron chi connectivity index (χ1n) is 6.85. The molecule has 0 aliphatic heterocycles. The van der Waals surface area contributed by atoms with Crippen LogP contribution in [0.2, 0.25) is 0 Å². The summed E-state index contributed by atoms with van der Waals surface area (Å²) < 4.78 is 9.89. The van der Waals surface area contributed by atoms with Crippen LogP contribution in [0.4, 0.5) is 4.79 Å². The van der Waals surface area contributed by atoms with Crippen molar-refractivity contribution in [3.8, 4) is 0 Å². The molecule has 1 aliphatic carbocycles. The Hall–Kier alpha value is -2.64. The van der Waals surface area contributed by atoms with Crippen molar-refractivity contribution < 1.29 is 19.1 Å². The highest BCUT2D eigenvalue weighted by molar-refractivity contribution is 5.86. The summed E-state index contributed by atoms with van der Waals surface area (Å²) in [5, 5.41) is 9.54. The number of hydrogen-bond donors (Lipinski definition) is 1. The Bertz CT molecular complexity index is 546. The number of amides is 1. The summed E-state index contributed by atoms with van der Waals surface area (Å²) in [6.45, 7) is 5.03. The van der Waals surface area contributed by atoms with E-state index in [1.807, 2.05) is 0 Å². The average molecular weight is 325 g/mol. The molecule has 11 heteroatoms. The first-order valence-corrected chi connectivity index (χ1v) is 6.85. The van der Waals surface area contributed by atoms with Gasteiger partial charge in [0.1, 0.15) is 11.1 Å². The van der Waals surface area contributed by atoms with Gasteiger partial charge in [0.25, 0.3) is 0 Å². The van der Waals surface area contributed by atoms with Crippen molar-refractivity contribution in [1.29, 1.82) is 0 Å². The van der Waals surface area contributed by atoms with Gasteiger partial charge >= 0.3 is 12.1 Å². The molecule has 0 aromatic rings. The number of nitrogens with zero attached hydrogens (tertiary/aromatic N) is 6. The number of nitrogens with one attached hydrogen (secondary N) is 1. The zero-order chi connectivity index (χ0) is 17.7. The van der Waals surface area contributed by atoms with Gasteiger partial charge in [-0.25, -0.2) is 9.59 Å². The topological polar surface area (TPSA) is 162 Å². The molecule has 0 saturated heterocycles. The minimum atomic E-state index is -1.48. The van der Waals surface area contributed by atoms with Crippen LogP contribution in [0, 0.1) is 0 Å². The number of hydrogen-bond acceptors (Lipinski definition) is 6. The summed E-state index contributed by atoms with van der Waals surface area (Å²) in [4.78, 5) is 29.6. The van der Waals surface area contributed by atoms with E-state index in [4.69, 9.17) is 20.5 Å². The Morgan fingerprint density at radius 2 is 1.65 bits per heavy atom. The number of rotatable bonds is 4. The molecule has 2 atom stereocenters. The molecule has 1 rings (SSSR count). The number of methoxy groups -OCH3 is 1. The van der Waals surface area contributed by atoms with Crippen molar-refractivity contribution in [1.82, 2.24) is 5.32 Å². The van der Waals surface area contributed by atoms with E-state index in [0.717, 1.165) is 0 Å². The van der Waals surface area contributed by atoms with Crippen molar-refractivity contribution in [2.45, 2.75) is 56.8 Å². The van der Waals surface area contributed by atoms with Crippen molar-refractivity contribution in [3.63, 3.8) is 0 Å². The first kappa shape index (κ1) is 18.4. The third-order valence-electron chi connectivity index (χ3n) is 3.28. The Balaban J connectivity index is 3.09. The molecule has 1 N–H and O–H groups in total. The van der Waals surface area contributed by atoms with Crippen LogP contribution >= 0.6 is 0 Å². The van der Waals surface area contributed by atoms with Crippen LogP contribution in [0.15, 0.2) is 10.2 Å². The Labute approximate surface area is 132 Å². The third-order valence-corrected chi connectivity index (χ3v) is 3.28. The highest BCUT2D eigenvalue weighted by atomic mass is 16.6. The number of esters is 1. The molecule has 0 aromatic heterocycles. The van der Waals surface area contributed by atoms with E-state index >= 15 is 0 Å². The second-order valence-corrected chi connectivity index (χ2v) is 6.15. The summed E-state index contributed by atoms with van der Waals surface area (Å²) in [7, 11) is 1.17. The van der Waals surface area contributed by atoms with Gasteiger partial charge in [0.15, 0.2) is 0 Å². The highest BCUT2D eigenvalue weighted by Crippen LogP contribution is 2.36. The largest absolute Gasteiger partial charge is 0.467 e. The van der Waals surface area contributed by atoms with Gasteiger partial charge in [0.2, 0.25) is 0 Å². The van der Waals surface area contributed by atoms with Crippen molar-refractivity contribution in [2.75, 3.05) is 7.11 Å². The summed E-state index contributed by atoms with van der Waals surface area (Å²) in [6, 6.07) is -1.55. The molecule has 2 unspecified atom stereocenters. The fourth-order valence-corrected chi connectivity index (χ4v) is 2.45. The number of alkyl carbamates (subject to hydrolysis) is 1. The van der Waals surface area contributed by atoms with E-state index in [1.54, 1.807) is 20.8 Å². The van der Waals surface area contributed by atoms with Crippen LogP contribution in [0.25, 0.3) is 20.9 Å². The molecular weight excluding hydrogens is 306 g/mol. The van der Waals surface area contributed by atoms with Gasteiger partial charge in [-0.15, -0.1) is 0 Å². The predicted molar refractivity (Wildman–Crippen MR) is 79.2 cm³/mol. The molecular formula is C12H19N7O4. The average Bonchev–Trinajstić information content (AvgIpc) is 2.75. The lowest BCUT2D eigenvalue weighted by molar-refractivity contribution is -0.148. The highest BCUT2D eigenvalue weighted by Gasteiger charge is 2.52. The third kappa shape index (κ3) is 4.67. The second kappa shape index (κ2) is 7.08. The number of carbonyl (C=O) groups excluding carboxylic acids is 2. The van der Waals surface area contributed by atoms with Crippen LogP contribution in [-0.2, 0) is 14.3 Å². The first-order chi connectivity index (χ1) is 10.7. The fraction of sp³-hybridized carbons (Fsp3) is 0.833. The SMILES string of the molecule is COC(=O)C1(NC(=O)OC(C)(C)C)CC(N=[N+]=[N-])C(N=[N+]=[N-])C1. The lowest BCUT2D eigenvalue weighted by atomic mass is 9.97. The molecule has 0 bridgehead atoms. The monoisotopic (exact) mass is 325 g/mol. The molecule has 0 radical (unpaired) electrons. The normalized spacial score (nSPS) is 26.4. The summed E-state index contributed by atoms with van der Waals surface area (Å²) in [6.07, 6.45) is -0.913. The Kier molecular flexibility index (Phi) is 5.67. The molecule has 0 heterocycles. The van der Waals surface area contributed by atoms with Crippen LogP contribution in [0.3, 0.4) is 0 Å². The number of carbonyl (C=O) groups is 2. The quantitative estimate of drug-likeness (QED) is 0.363. The van der Waals surface area contributed by atoms with Crippen molar-refractivity contribution in [2.24, 2.45) is 10.2 Å². The van der Waals surface area contributed by atoms with Gasteiger partial charge in [-0.3, -0.25) is 0 Å². The van der Waals surface area contributed by atoms with Gasteiger partial charge in [0, 0.05) is 21.9 Å². The Morgan fingerprint density at radius 1 is 1.17 bits per heavy atom. The molecule has 23 heavy (non-hydrogen) atoms. The van der Waals surface area contributed by atoms with Crippen LogP contribution < -0.4 is 5.32 Å². The lowest BCUT2D eigenvalue weighted by Crippen LogP contribution is -2.54.